The topological polar surface area (TPSA) is 25.2 Å². The molecule has 0 amide bonds. The summed E-state index contributed by atoms with van der Waals surface area (Å²) in [5.41, 5.74) is 1.79. The average Bonchev–Trinajstić information content (AvgIpc) is 2.85. The molecule has 0 radical (unpaired) electrons. The van der Waals surface area contributed by atoms with Crippen molar-refractivity contribution in [2.75, 3.05) is 7.05 Å². The molecule has 0 aliphatic heterocycles. The van der Waals surface area contributed by atoms with Gasteiger partial charge in [0.25, 0.3) is 0 Å². The van der Waals surface area contributed by atoms with Gasteiger partial charge in [-0.05, 0) is 50.2 Å². The standard InChI is InChI=1S/C15H17Cl2NO/c1-4-13(18-3)15-6-5-14(19-15)10-8-11(16)9(2)7-12(10)17/h5-8,13,18H,4H2,1-3H3. The molecule has 0 saturated heterocycles. The third kappa shape index (κ3) is 2.97. The van der Waals surface area contributed by atoms with Crippen LogP contribution in [0.5, 0.6) is 0 Å². The molecule has 2 rings (SSSR count). The van der Waals surface area contributed by atoms with E-state index in [1.54, 1.807) is 0 Å². The van der Waals surface area contributed by atoms with Gasteiger partial charge in [0.15, 0.2) is 0 Å². The van der Waals surface area contributed by atoms with Gasteiger partial charge in [-0.25, -0.2) is 0 Å². The quantitative estimate of drug-likeness (QED) is 0.835. The molecule has 19 heavy (non-hydrogen) atoms. The van der Waals surface area contributed by atoms with Gasteiger partial charge in [0.05, 0.1) is 11.1 Å². The van der Waals surface area contributed by atoms with Crippen LogP contribution in [0.4, 0.5) is 0 Å². The predicted molar refractivity (Wildman–Crippen MR) is 81.0 cm³/mol. The van der Waals surface area contributed by atoms with Gasteiger partial charge in [0, 0.05) is 10.6 Å². The maximum absolute atomic E-state index is 6.26. The Labute approximate surface area is 123 Å². The summed E-state index contributed by atoms with van der Waals surface area (Å²) < 4.78 is 5.88. The molecule has 1 aromatic carbocycles. The van der Waals surface area contributed by atoms with Crippen molar-refractivity contribution in [3.63, 3.8) is 0 Å². The predicted octanol–water partition coefficient (Wildman–Crippen LogP) is 5.23. The van der Waals surface area contributed by atoms with Crippen LogP contribution in [0.3, 0.4) is 0 Å². The molecule has 0 saturated carbocycles. The molecule has 2 nitrogen and oxygen atoms in total. The summed E-state index contributed by atoms with van der Waals surface area (Å²) in [5, 5.41) is 4.56. The Morgan fingerprint density at radius 3 is 2.58 bits per heavy atom. The minimum Gasteiger partial charge on any atom is -0.459 e. The number of halogens is 2. The smallest absolute Gasteiger partial charge is 0.135 e. The Kier molecular flexibility index (Phi) is 4.56. The fourth-order valence-electron chi connectivity index (χ4n) is 2.07. The summed E-state index contributed by atoms with van der Waals surface area (Å²) in [5.74, 6) is 1.66. The number of hydrogen-bond donors (Lipinski definition) is 1. The molecule has 0 spiro atoms. The van der Waals surface area contributed by atoms with E-state index in [0.717, 1.165) is 29.1 Å². The number of rotatable bonds is 4. The first-order chi connectivity index (χ1) is 9.06. The molecule has 1 atom stereocenters. The molecular formula is C15H17Cl2NO. The van der Waals surface area contributed by atoms with Crippen LogP contribution in [0, 0.1) is 6.92 Å². The van der Waals surface area contributed by atoms with E-state index in [0.29, 0.717) is 10.0 Å². The van der Waals surface area contributed by atoms with Crippen LogP contribution in [0.15, 0.2) is 28.7 Å². The first-order valence-electron chi connectivity index (χ1n) is 6.29. The van der Waals surface area contributed by atoms with Gasteiger partial charge >= 0.3 is 0 Å². The number of hydrogen-bond acceptors (Lipinski definition) is 2. The van der Waals surface area contributed by atoms with E-state index < -0.39 is 0 Å². The summed E-state index contributed by atoms with van der Waals surface area (Å²) in [6.45, 7) is 4.04. The Morgan fingerprint density at radius 2 is 1.95 bits per heavy atom. The van der Waals surface area contributed by atoms with E-state index in [1.807, 2.05) is 38.2 Å². The van der Waals surface area contributed by atoms with Gasteiger partial charge in [0.2, 0.25) is 0 Å². The van der Waals surface area contributed by atoms with Crippen LogP contribution < -0.4 is 5.32 Å². The second kappa shape index (κ2) is 6.00. The lowest BCUT2D eigenvalue weighted by Crippen LogP contribution is -2.14. The lowest BCUT2D eigenvalue weighted by atomic mass is 10.1. The van der Waals surface area contributed by atoms with Gasteiger partial charge < -0.3 is 9.73 Å². The fourth-order valence-corrected chi connectivity index (χ4v) is 2.54. The number of furan rings is 1. The summed E-state index contributed by atoms with van der Waals surface area (Å²) in [6.07, 6.45) is 0.964. The van der Waals surface area contributed by atoms with Gasteiger partial charge in [0.1, 0.15) is 11.5 Å². The third-order valence-corrected chi connectivity index (χ3v) is 3.96. The molecule has 1 aromatic heterocycles. The van der Waals surface area contributed by atoms with Crippen LogP contribution in [-0.2, 0) is 0 Å². The molecule has 1 unspecified atom stereocenters. The Hall–Kier alpha value is -0.960. The van der Waals surface area contributed by atoms with Crippen LogP contribution in [0.2, 0.25) is 10.0 Å². The fraction of sp³-hybridized carbons (Fsp3) is 0.333. The number of nitrogens with one attached hydrogen (secondary N) is 1. The van der Waals surface area contributed by atoms with Crippen molar-refractivity contribution >= 4 is 23.2 Å². The van der Waals surface area contributed by atoms with E-state index in [4.69, 9.17) is 27.6 Å². The highest BCUT2D eigenvalue weighted by Crippen LogP contribution is 2.34. The Balaban J connectivity index is 2.40. The lowest BCUT2D eigenvalue weighted by Gasteiger charge is -2.10. The van der Waals surface area contributed by atoms with Crippen molar-refractivity contribution in [3.05, 3.63) is 45.6 Å². The van der Waals surface area contributed by atoms with Gasteiger partial charge in [-0.2, -0.15) is 0 Å². The molecule has 0 aliphatic carbocycles. The summed E-state index contributed by atoms with van der Waals surface area (Å²) >= 11 is 12.4. The monoisotopic (exact) mass is 297 g/mol. The summed E-state index contributed by atoms with van der Waals surface area (Å²) in [7, 11) is 1.92. The van der Waals surface area contributed by atoms with Gasteiger partial charge in [-0.15, -0.1) is 0 Å². The zero-order valence-electron chi connectivity index (χ0n) is 11.3. The molecule has 0 bridgehead atoms. The average molecular weight is 298 g/mol. The van der Waals surface area contributed by atoms with E-state index in [2.05, 4.69) is 12.2 Å². The molecule has 0 aliphatic rings. The second-order valence-electron chi connectivity index (χ2n) is 4.53. The highest BCUT2D eigenvalue weighted by atomic mass is 35.5. The zero-order valence-corrected chi connectivity index (χ0v) is 12.8. The van der Waals surface area contributed by atoms with Gasteiger partial charge in [-0.3, -0.25) is 0 Å². The highest BCUT2D eigenvalue weighted by Gasteiger charge is 2.15. The van der Waals surface area contributed by atoms with Crippen molar-refractivity contribution in [1.29, 1.82) is 0 Å². The Bertz CT molecular complexity index is 574. The summed E-state index contributed by atoms with van der Waals surface area (Å²) in [4.78, 5) is 0. The SMILES string of the molecule is CCC(NC)c1ccc(-c2cc(Cl)c(C)cc2Cl)o1. The van der Waals surface area contributed by atoms with E-state index in [1.165, 1.54) is 0 Å². The van der Waals surface area contributed by atoms with Crippen LogP contribution >= 0.6 is 23.2 Å². The first kappa shape index (κ1) is 14.4. The third-order valence-electron chi connectivity index (χ3n) is 3.24. The molecule has 102 valence electrons. The lowest BCUT2D eigenvalue weighted by molar-refractivity contribution is 0.431. The van der Waals surface area contributed by atoms with Crippen molar-refractivity contribution in [2.24, 2.45) is 0 Å². The molecule has 0 fully saturated rings. The van der Waals surface area contributed by atoms with E-state index in [-0.39, 0.29) is 6.04 Å². The van der Waals surface area contributed by atoms with Gasteiger partial charge in [-0.1, -0.05) is 30.1 Å². The van der Waals surface area contributed by atoms with Crippen LogP contribution in [0.25, 0.3) is 11.3 Å². The van der Waals surface area contributed by atoms with E-state index in [9.17, 15) is 0 Å². The molecular weight excluding hydrogens is 281 g/mol. The molecule has 1 N–H and O–H groups in total. The summed E-state index contributed by atoms with van der Waals surface area (Å²) in [6, 6.07) is 7.83. The van der Waals surface area contributed by atoms with E-state index >= 15 is 0 Å². The molecule has 1 heterocycles. The van der Waals surface area contributed by atoms with Crippen molar-refractivity contribution < 1.29 is 4.42 Å². The second-order valence-corrected chi connectivity index (χ2v) is 5.35. The number of aryl methyl sites for hydroxylation is 1. The minimum absolute atomic E-state index is 0.216. The normalized spacial score (nSPS) is 12.7. The highest BCUT2D eigenvalue weighted by molar-refractivity contribution is 6.35. The zero-order chi connectivity index (χ0) is 14.0. The first-order valence-corrected chi connectivity index (χ1v) is 7.05. The maximum Gasteiger partial charge on any atom is 0.135 e. The van der Waals surface area contributed by atoms with Crippen LogP contribution in [-0.4, -0.2) is 7.05 Å². The van der Waals surface area contributed by atoms with Crippen molar-refractivity contribution in [1.82, 2.24) is 5.32 Å². The minimum atomic E-state index is 0.216. The maximum atomic E-state index is 6.26. The number of benzene rings is 1. The van der Waals surface area contributed by atoms with Crippen molar-refractivity contribution in [3.8, 4) is 11.3 Å². The van der Waals surface area contributed by atoms with Crippen molar-refractivity contribution in [2.45, 2.75) is 26.3 Å². The Morgan fingerprint density at radius 1 is 1.21 bits per heavy atom. The molecule has 2 aromatic rings. The van der Waals surface area contributed by atoms with Crippen LogP contribution in [0.1, 0.15) is 30.7 Å². The molecule has 4 heteroatoms. The largest absolute Gasteiger partial charge is 0.459 e.